The Labute approximate surface area is 98.2 Å². The fraction of sp³-hybridized carbons (Fsp3) is 0.769. The molecule has 16 heavy (non-hydrogen) atoms. The lowest BCUT2D eigenvalue weighted by Crippen LogP contribution is -2.37. The maximum atomic E-state index is 4.38. The van der Waals surface area contributed by atoms with Gasteiger partial charge in [-0.2, -0.15) is 5.10 Å². The third kappa shape index (κ3) is 2.57. The van der Waals surface area contributed by atoms with Gasteiger partial charge in [-0.05, 0) is 30.6 Å². The molecule has 1 aromatic heterocycles. The molecule has 0 amide bonds. The highest BCUT2D eigenvalue weighted by atomic mass is 15.3. The minimum Gasteiger partial charge on any atom is -0.366 e. The number of hydrogen-bond acceptors (Lipinski definition) is 2. The molecule has 1 aromatic rings. The molecule has 0 aromatic carbocycles. The van der Waals surface area contributed by atoms with Gasteiger partial charge in [-0.1, -0.05) is 20.8 Å². The molecule has 3 heteroatoms. The highest BCUT2D eigenvalue weighted by Gasteiger charge is 2.32. The Morgan fingerprint density at radius 3 is 2.81 bits per heavy atom. The van der Waals surface area contributed by atoms with Crippen molar-refractivity contribution in [3.63, 3.8) is 0 Å². The Morgan fingerprint density at radius 2 is 2.25 bits per heavy atom. The van der Waals surface area contributed by atoms with Gasteiger partial charge in [0.05, 0.1) is 0 Å². The van der Waals surface area contributed by atoms with Crippen LogP contribution in [0.15, 0.2) is 12.3 Å². The van der Waals surface area contributed by atoms with Crippen molar-refractivity contribution in [1.29, 1.82) is 0 Å². The van der Waals surface area contributed by atoms with E-state index in [9.17, 15) is 0 Å². The highest BCUT2D eigenvalue weighted by molar-refractivity contribution is 5.33. The van der Waals surface area contributed by atoms with Gasteiger partial charge in [0.1, 0.15) is 5.82 Å². The molecule has 1 aliphatic carbocycles. The van der Waals surface area contributed by atoms with Crippen LogP contribution in [0.1, 0.15) is 40.0 Å². The van der Waals surface area contributed by atoms with E-state index in [0.717, 1.165) is 11.7 Å². The Bertz CT molecular complexity index is 354. The molecule has 2 atom stereocenters. The number of aromatic nitrogens is 2. The Hall–Kier alpha value is -0.990. The van der Waals surface area contributed by atoms with Crippen molar-refractivity contribution in [1.82, 2.24) is 9.78 Å². The van der Waals surface area contributed by atoms with E-state index in [0.29, 0.717) is 11.5 Å². The van der Waals surface area contributed by atoms with Crippen LogP contribution in [0.25, 0.3) is 0 Å². The standard InChI is InChI=1S/C13H23N3/c1-10-9-13(2,3)7-5-11(10)14-12-6-8-16(4)15-12/h6,8,10-11H,5,7,9H2,1-4H3,(H,14,15). The lowest BCUT2D eigenvalue weighted by Gasteiger charge is -2.39. The molecule has 1 heterocycles. The summed E-state index contributed by atoms with van der Waals surface area (Å²) in [5, 5.41) is 7.94. The molecule has 0 aliphatic heterocycles. The molecular formula is C13H23N3. The normalized spacial score (nSPS) is 29.0. The summed E-state index contributed by atoms with van der Waals surface area (Å²) in [6.07, 6.45) is 5.85. The quantitative estimate of drug-likeness (QED) is 0.832. The van der Waals surface area contributed by atoms with Crippen molar-refractivity contribution < 1.29 is 0 Å². The van der Waals surface area contributed by atoms with Gasteiger partial charge in [-0.25, -0.2) is 0 Å². The SMILES string of the molecule is CC1CC(C)(C)CCC1Nc1ccn(C)n1. The van der Waals surface area contributed by atoms with Gasteiger partial charge in [0, 0.05) is 25.4 Å². The van der Waals surface area contributed by atoms with E-state index in [1.807, 2.05) is 24.0 Å². The summed E-state index contributed by atoms with van der Waals surface area (Å²) < 4.78 is 1.85. The van der Waals surface area contributed by atoms with Crippen LogP contribution in [0.5, 0.6) is 0 Å². The molecule has 3 nitrogen and oxygen atoms in total. The third-order valence-electron chi connectivity index (χ3n) is 3.74. The van der Waals surface area contributed by atoms with E-state index in [1.54, 1.807) is 0 Å². The summed E-state index contributed by atoms with van der Waals surface area (Å²) >= 11 is 0. The van der Waals surface area contributed by atoms with E-state index in [-0.39, 0.29) is 0 Å². The van der Waals surface area contributed by atoms with Crippen LogP contribution < -0.4 is 5.32 Å². The molecule has 1 aliphatic rings. The van der Waals surface area contributed by atoms with Gasteiger partial charge in [-0.15, -0.1) is 0 Å². The smallest absolute Gasteiger partial charge is 0.148 e. The van der Waals surface area contributed by atoms with Crippen molar-refractivity contribution >= 4 is 5.82 Å². The molecule has 90 valence electrons. The molecule has 1 saturated carbocycles. The van der Waals surface area contributed by atoms with E-state index in [2.05, 4.69) is 31.2 Å². The van der Waals surface area contributed by atoms with Crippen LogP contribution in [0.3, 0.4) is 0 Å². The summed E-state index contributed by atoms with van der Waals surface area (Å²) in [7, 11) is 1.96. The van der Waals surface area contributed by atoms with Crippen molar-refractivity contribution in [2.45, 2.75) is 46.1 Å². The lowest BCUT2D eigenvalue weighted by atomic mass is 9.70. The van der Waals surface area contributed by atoms with Gasteiger partial charge in [0.25, 0.3) is 0 Å². The van der Waals surface area contributed by atoms with Crippen LogP contribution in [0, 0.1) is 11.3 Å². The van der Waals surface area contributed by atoms with Gasteiger partial charge in [0.15, 0.2) is 0 Å². The number of rotatable bonds is 2. The summed E-state index contributed by atoms with van der Waals surface area (Å²) in [5.74, 6) is 1.74. The zero-order valence-corrected chi connectivity index (χ0v) is 10.8. The van der Waals surface area contributed by atoms with Crippen LogP contribution in [0.4, 0.5) is 5.82 Å². The zero-order valence-electron chi connectivity index (χ0n) is 10.8. The number of nitrogens with zero attached hydrogens (tertiary/aromatic N) is 2. The van der Waals surface area contributed by atoms with E-state index in [1.165, 1.54) is 19.3 Å². The van der Waals surface area contributed by atoms with Crippen molar-refractivity contribution in [3.05, 3.63) is 12.3 Å². The number of anilines is 1. The Balaban J connectivity index is 1.96. The van der Waals surface area contributed by atoms with Crippen molar-refractivity contribution in [3.8, 4) is 0 Å². The first-order chi connectivity index (χ1) is 7.46. The van der Waals surface area contributed by atoms with Crippen LogP contribution in [-0.4, -0.2) is 15.8 Å². The predicted octanol–water partition coefficient (Wildman–Crippen LogP) is 3.05. The number of nitrogens with one attached hydrogen (secondary N) is 1. The fourth-order valence-electron chi connectivity index (χ4n) is 2.84. The maximum Gasteiger partial charge on any atom is 0.148 e. The topological polar surface area (TPSA) is 29.9 Å². The highest BCUT2D eigenvalue weighted by Crippen LogP contribution is 2.39. The maximum absolute atomic E-state index is 4.38. The molecular weight excluding hydrogens is 198 g/mol. The average molecular weight is 221 g/mol. The summed E-state index contributed by atoms with van der Waals surface area (Å²) in [4.78, 5) is 0. The van der Waals surface area contributed by atoms with Gasteiger partial charge in [0.2, 0.25) is 0 Å². The zero-order chi connectivity index (χ0) is 11.8. The van der Waals surface area contributed by atoms with Gasteiger partial charge in [-0.3, -0.25) is 4.68 Å². The largest absolute Gasteiger partial charge is 0.366 e. The number of aryl methyl sites for hydroxylation is 1. The summed E-state index contributed by atoms with van der Waals surface area (Å²) in [6, 6.07) is 2.63. The third-order valence-corrected chi connectivity index (χ3v) is 3.74. The Kier molecular flexibility index (Phi) is 2.96. The fourth-order valence-corrected chi connectivity index (χ4v) is 2.84. The number of hydrogen-bond donors (Lipinski definition) is 1. The average Bonchev–Trinajstić information content (AvgIpc) is 2.56. The molecule has 1 N–H and O–H groups in total. The summed E-state index contributed by atoms with van der Waals surface area (Å²) in [6.45, 7) is 7.10. The van der Waals surface area contributed by atoms with E-state index < -0.39 is 0 Å². The molecule has 2 rings (SSSR count). The second-order valence-corrected chi connectivity index (χ2v) is 6.01. The minimum absolute atomic E-state index is 0.516. The molecule has 2 unspecified atom stereocenters. The predicted molar refractivity (Wildman–Crippen MR) is 67.4 cm³/mol. The van der Waals surface area contributed by atoms with Crippen molar-refractivity contribution in [2.24, 2.45) is 18.4 Å². The first kappa shape index (κ1) is 11.5. The lowest BCUT2D eigenvalue weighted by molar-refractivity contribution is 0.177. The van der Waals surface area contributed by atoms with Crippen molar-refractivity contribution in [2.75, 3.05) is 5.32 Å². The van der Waals surface area contributed by atoms with Gasteiger partial charge < -0.3 is 5.32 Å². The molecule has 1 fully saturated rings. The van der Waals surface area contributed by atoms with Gasteiger partial charge >= 0.3 is 0 Å². The van der Waals surface area contributed by atoms with Crippen LogP contribution >= 0.6 is 0 Å². The molecule has 0 radical (unpaired) electrons. The van der Waals surface area contributed by atoms with E-state index >= 15 is 0 Å². The second kappa shape index (κ2) is 4.11. The first-order valence-corrected chi connectivity index (χ1v) is 6.22. The Morgan fingerprint density at radius 1 is 1.50 bits per heavy atom. The summed E-state index contributed by atoms with van der Waals surface area (Å²) in [5.41, 5.74) is 0.516. The molecule has 0 bridgehead atoms. The minimum atomic E-state index is 0.516. The monoisotopic (exact) mass is 221 g/mol. The van der Waals surface area contributed by atoms with E-state index in [4.69, 9.17) is 0 Å². The van der Waals surface area contributed by atoms with Crippen LogP contribution in [-0.2, 0) is 7.05 Å². The molecule has 0 saturated heterocycles. The van der Waals surface area contributed by atoms with Crippen LogP contribution in [0.2, 0.25) is 0 Å². The second-order valence-electron chi connectivity index (χ2n) is 6.01. The molecule has 0 spiro atoms. The first-order valence-electron chi connectivity index (χ1n) is 6.22.